The number of rotatable bonds is 4. The molecule has 1 fully saturated rings. The van der Waals surface area contributed by atoms with E-state index in [1.807, 2.05) is 0 Å². The maximum atomic E-state index is 11.3. The van der Waals surface area contributed by atoms with E-state index in [0.29, 0.717) is 19.4 Å². The first-order chi connectivity index (χ1) is 6.72. The molecule has 0 saturated carbocycles. The van der Waals surface area contributed by atoms with Crippen molar-refractivity contribution in [2.75, 3.05) is 6.54 Å². The summed E-state index contributed by atoms with van der Waals surface area (Å²) in [5.41, 5.74) is 0. The molecule has 1 heterocycles. The normalized spacial score (nSPS) is 21.5. The SMILES string of the molecule is CCCCC(=O)NC1CCC(=O)NC1. The van der Waals surface area contributed by atoms with E-state index in [0.717, 1.165) is 19.3 Å². The van der Waals surface area contributed by atoms with Crippen LogP contribution in [0.2, 0.25) is 0 Å². The Bertz CT molecular complexity index is 206. The molecule has 1 unspecified atom stereocenters. The molecule has 1 saturated heterocycles. The number of amides is 2. The summed E-state index contributed by atoms with van der Waals surface area (Å²) in [7, 11) is 0. The predicted molar refractivity (Wildman–Crippen MR) is 53.7 cm³/mol. The van der Waals surface area contributed by atoms with Crippen LogP contribution in [0.1, 0.15) is 39.0 Å². The molecular formula is C10H18N2O2. The van der Waals surface area contributed by atoms with E-state index in [9.17, 15) is 9.59 Å². The van der Waals surface area contributed by atoms with Gasteiger partial charge in [0, 0.05) is 25.4 Å². The molecule has 0 bridgehead atoms. The number of carbonyl (C=O) groups is 2. The Kier molecular flexibility index (Phi) is 4.43. The Hall–Kier alpha value is -1.06. The highest BCUT2D eigenvalue weighted by Crippen LogP contribution is 2.03. The number of nitrogens with one attached hydrogen (secondary N) is 2. The van der Waals surface area contributed by atoms with Gasteiger partial charge in [-0.25, -0.2) is 0 Å². The minimum atomic E-state index is 0.0871. The van der Waals surface area contributed by atoms with Crippen LogP contribution in [0.4, 0.5) is 0 Å². The third-order valence-corrected chi connectivity index (χ3v) is 2.39. The number of hydrogen-bond donors (Lipinski definition) is 2. The first kappa shape index (κ1) is 11.0. The van der Waals surface area contributed by atoms with Crippen LogP contribution >= 0.6 is 0 Å². The Morgan fingerprint density at radius 1 is 1.64 bits per heavy atom. The van der Waals surface area contributed by atoms with Crippen molar-refractivity contribution < 1.29 is 9.59 Å². The molecule has 0 spiro atoms. The van der Waals surface area contributed by atoms with Crippen molar-refractivity contribution in [1.82, 2.24) is 10.6 Å². The number of carbonyl (C=O) groups excluding carboxylic acids is 2. The van der Waals surface area contributed by atoms with Crippen LogP contribution < -0.4 is 10.6 Å². The molecule has 1 atom stereocenters. The lowest BCUT2D eigenvalue weighted by Gasteiger charge is -2.23. The molecule has 1 rings (SSSR count). The molecule has 4 nitrogen and oxygen atoms in total. The van der Waals surface area contributed by atoms with Crippen molar-refractivity contribution in [3.63, 3.8) is 0 Å². The Balaban J connectivity index is 2.17. The zero-order valence-corrected chi connectivity index (χ0v) is 8.64. The molecule has 0 aromatic carbocycles. The van der Waals surface area contributed by atoms with Crippen molar-refractivity contribution in [2.24, 2.45) is 0 Å². The first-order valence-corrected chi connectivity index (χ1v) is 5.28. The summed E-state index contributed by atoms with van der Waals surface area (Å²) in [5, 5.41) is 5.66. The minimum absolute atomic E-state index is 0.0871. The molecule has 14 heavy (non-hydrogen) atoms. The van der Waals surface area contributed by atoms with Crippen LogP contribution in [0.15, 0.2) is 0 Å². The van der Waals surface area contributed by atoms with E-state index >= 15 is 0 Å². The highest BCUT2D eigenvalue weighted by molar-refractivity contribution is 5.78. The van der Waals surface area contributed by atoms with Crippen molar-refractivity contribution >= 4 is 11.8 Å². The molecule has 80 valence electrons. The highest BCUT2D eigenvalue weighted by atomic mass is 16.2. The third kappa shape index (κ3) is 3.77. The monoisotopic (exact) mass is 198 g/mol. The van der Waals surface area contributed by atoms with E-state index in [-0.39, 0.29) is 17.9 Å². The van der Waals surface area contributed by atoms with Crippen molar-refractivity contribution in [3.05, 3.63) is 0 Å². The number of unbranched alkanes of at least 4 members (excludes halogenated alkanes) is 1. The average molecular weight is 198 g/mol. The smallest absolute Gasteiger partial charge is 0.220 e. The van der Waals surface area contributed by atoms with Crippen LogP contribution in [0.5, 0.6) is 0 Å². The van der Waals surface area contributed by atoms with E-state index in [2.05, 4.69) is 17.6 Å². The average Bonchev–Trinajstić information content (AvgIpc) is 2.18. The predicted octanol–water partition coefficient (Wildman–Crippen LogP) is 0.571. The second-order valence-corrected chi connectivity index (χ2v) is 3.71. The fraction of sp³-hybridized carbons (Fsp3) is 0.800. The number of hydrogen-bond acceptors (Lipinski definition) is 2. The summed E-state index contributed by atoms with van der Waals surface area (Å²) in [6.45, 7) is 2.64. The zero-order chi connectivity index (χ0) is 10.4. The largest absolute Gasteiger partial charge is 0.354 e. The van der Waals surface area contributed by atoms with Gasteiger partial charge in [0.15, 0.2) is 0 Å². The maximum Gasteiger partial charge on any atom is 0.220 e. The van der Waals surface area contributed by atoms with Crippen LogP contribution in [0.25, 0.3) is 0 Å². The standard InChI is InChI=1S/C10H18N2O2/c1-2-3-4-10(14)12-8-5-6-9(13)11-7-8/h8H,2-7H2,1H3,(H,11,13)(H,12,14). The van der Waals surface area contributed by atoms with Crippen LogP contribution in [0, 0.1) is 0 Å². The Morgan fingerprint density at radius 2 is 2.43 bits per heavy atom. The Labute approximate surface area is 84.4 Å². The van der Waals surface area contributed by atoms with Gasteiger partial charge < -0.3 is 10.6 Å². The molecule has 0 aromatic rings. The first-order valence-electron chi connectivity index (χ1n) is 5.28. The molecule has 0 aliphatic carbocycles. The fourth-order valence-corrected chi connectivity index (χ4v) is 1.49. The van der Waals surface area contributed by atoms with Gasteiger partial charge in [-0.3, -0.25) is 9.59 Å². The van der Waals surface area contributed by atoms with E-state index < -0.39 is 0 Å². The molecule has 4 heteroatoms. The van der Waals surface area contributed by atoms with Crippen LogP contribution in [0.3, 0.4) is 0 Å². The quantitative estimate of drug-likeness (QED) is 0.694. The lowest BCUT2D eigenvalue weighted by Crippen LogP contribution is -2.47. The second-order valence-electron chi connectivity index (χ2n) is 3.71. The van der Waals surface area contributed by atoms with Crippen molar-refractivity contribution in [2.45, 2.75) is 45.1 Å². The molecular weight excluding hydrogens is 180 g/mol. The van der Waals surface area contributed by atoms with Gasteiger partial charge in [0.25, 0.3) is 0 Å². The summed E-state index contributed by atoms with van der Waals surface area (Å²) in [5.74, 6) is 0.192. The third-order valence-electron chi connectivity index (χ3n) is 2.39. The van der Waals surface area contributed by atoms with Gasteiger partial charge in [0.05, 0.1) is 0 Å². The van der Waals surface area contributed by atoms with Crippen molar-refractivity contribution in [3.8, 4) is 0 Å². The lowest BCUT2D eigenvalue weighted by atomic mass is 10.1. The van der Waals surface area contributed by atoms with Crippen LogP contribution in [-0.2, 0) is 9.59 Å². The van der Waals surface area contributed by atoms with Gasteiger partial charge in [-0.05, 0) is 12.8 Å². The molecule has 0 aromatic heterocycles. The van der Waals surface area contributed by atoms with Crippen molar-refractivity contribution in [1.29, 1.82) is 0 Å². The van der Waals surface area contributed by atoms with Crippen LogP contribution in [-0.4, -0.2) is 24.4 Å². The Morgan fingerprint density at radius 3 is 3.00 bits per heavy atom. The summed E-state index contributed by atoms with van der Waals surface area (Å²) in [4.78, 5) is 22.2. The van der Waals surface area contributed by atoms with Gasteiger partial charge in [0.1, 0.15) is 0 Å². The molecule has 2 N–H and O–H groups in total. The minimum Gasteiger partial charge on any atom is -0.354 e. The topological polar surface area (TPSA) is 58.2 Å². The van der Waals surface area contributed by atoms with Gasteiger partial charge in [-0.1, -0.05) is 13.3 Å². The van der Waals surface area contributed by atoms with Gasteiger partial charge in [-0.15, -0.1) is 0 Å². The summed E-state index contributed by atoms with van der Waals surface area (Å²) >= 11 is 0. The van der Waals surface area contributed by atoms with E-state index in [1.165, 1.54) is 0 Å². The van der Waals surface area contributed by atoms with Gasteiger partial charge in [-0.2, -0.15) is 0 Å². The molecule has 1 aliphatic heterocycles. The number of piperidine rings is 1. The molecule has 2 amide bonds. The maximum absolute atomic E-state index is 11.3. The fourth-order valence-electron chi connectivity index (χ4n) is 1.49. The summed E-state index contributed by atoms with van der Waals surface area (Å²) in [6, 6.07) is 0.136. The zero-order valence-electron chi connectivity index (χ0n) is 8.64. The highest BCUT2D eigenvalue weighted by Gasteiger charge is 2.18. The summed E-state index contributed by atoms with van der Waals surface area (Å²) in [6.07, 6.45) is 3.86. The van der Waals surface area contributed by atoms with Gasteiger partial charge >= 0.3 is 0 Å². The van der Waals surface area contributed by atoms with Gasteiger partial charge in [0.2, 0.25) is 11.8 Å². The second kappa shape index (κ2) is 5.62. The lowest BCUT2D eigenvalue weighted by molar-refractivity contribution is -0.125. The van der Waals surface area contributed by atoms with E-state index in [4.69, 9.17) is 0 Å². The summed E-state index contributed by atoms with van der Waals surface area (Å²) < 4.78 is 0. The van der Waals surface area contributed by atoms with E-state index in [1.54, 1.807) is 0 Å². The molecule has 0 radical (unpaired) electrons. The molecule has 1 aliphatic rings.